The summed E-state index contributed by atoms with van der Waals surface area (Å²) in [6, 6.07) is 55.4. The van der Waals surface area contributed by atoms with Crippen LogP contribution in [-0.4, -0.2) is 143 Å². The van der Waals surface area contributed by atoms with Gasteiger partial charge < -0.3 is 25.3 Å². The standard InChI is InChI=1S/C26H27N5OS.C25H26N6OS.C24H23N5OS.C22H25FN4OS/c1-17-9-10-21(27-18(17)2)23-15-24(20-7-5-4-6-8-20)31(29-23)16-26(32)30-13-11-22-25(12-14-30)33-19(3)28-22;1-16-8-9-19(27-17(16)2)21-14-22(18-6-4-3-5-7-18)31(29-21)15-24(32)30-12-10-20-23(11-13-30)33-25(26)28-20;1-15-9-10-19(25-16(15)2)20-11-22(18-7-5-4-6-8-18)29(27-20)14-24(30)28-12-21-23(13-28)31-17(3)26-21;1-13(2)7-17-9-19(16-5-6-18(23)14(3)8-16)25-27(17)12-22(28)26-10-20-21(11-26)29-15(4)24-20/h4-10,15H,11-14,16H2,1-3H3;3-9,14H,10-13,15H2,1-2H3,(H2,26,28);4-11H,12-14H2,1-3H3;5-6,8-9,13H,7,10-12H2,1-4H3. The fraction of sp³-hybridized carbons (Fsp3) is 0.309. The molecule has 126 heavy (non-hydrogen) atoms. The lowest BCUT2D eigenvalue weighted by molar-refractivity contribution is -0.133. The highest BCUT2D eigenvalue weighted by molar-refractivity contribution is 7.15. The highest BCUT2D eigenvalue weighted by atomic mass is 32.1. The van der Waals surface area contributed by atoms with Crippen molar-refractivity contribution in [1.82, 2.24) is 93.6 Å². The molecule has 4 aliphatic heterocycles. The lowest BCUT2D eigenvalue weighted by atomic mass is 10.1. The van der Waals surface area contributed by atoms with Gasteiger partial charge in [0.15, 0.2) is 5.13 Å². The number of thiazole rings is 4. The number of aryl methyl sites for hydroxylation is 10. The first kappa shape index (κ1) is 86.8. The predicted octanol–water partition coefficient (Wildman–Crippen LogP) is 17.6. The molecule has 29 heteroatoms. The second-order valence-corrected chi connectivity index (χ2v) is 37.8. The summed E-state index contributed by atoms with van der Waals surface area (Å²) in [6.07, 6.45) is 4.03. The summed E-state index contributed by atoms with van der Waals surface area (Å²) in [5, 5.41) is 22.9. The fourth-order valence-electron chi connectivity index (χ4n) is 15.9. The summed E-state index contributed by atoms with van der Waals surface area (Å²) in [5.41, 5.74) is 30.3. The Bertz CT molecular complexity index is 6210. The van der Waals surface area contributed by atoms with Crippen molar-refractivity contribution in [3.63, 3.8) is 0 Å². The minimum Gasteiger partial charge on any atom is -0.375 e. The molecule has 0 radical (unpaired) electrons. The summed E-state index contributed by atoms with van der Waals surface area (Å²) < 4.78 is 20.9. The molecule has 0 atom stereocenters. The van der Waals surface area contributed by atoms with Crippen LogP contribution in [0.25, 0.3) is 79.2 Å². The molecule has 0 spiro atoms. The van der Waals surface area contributed by atoms with Crippen molar-refractivity contribution in [2.45, 2.75) is 168 Å². The van der Waals surface area contributed by atoms with Gasteiger partial charge in [-0.3, -0.25) is 52.9 Å². The Labute approximate surface area is 748 Å². The number of fused-ring (bicyclic) bond motifs is 4. The van der Waals surface area contributed by atoms with Crippen molar-refractivity contribution in [1.29, 1.82) is 0 Å². The highest BCUT2D eigenvalue weighted by Crippen LogP contribution is 2.36. The number of amides is 4. The molecule has 644 valence electrons. The van der Waals surface area contributed by atoms with Crippen molar-refractivity contribution >= 4 is 74.1 Å². The third kappa shape index (κ3) is 20.1. The van der Waals surface area contributed by atoms with E-state index in [2.05, 4.69) is 58.9 Å². The summed E-state index contributed by atoms with van der Waals surface area (Å²) in [4.78, 5) is 97.4. The molecule has 4 aromatic carbocycles. The zero-order valence-electron chi connectivity index (χ0n) is 73.0. The van der Waals surface area contributed by atoms with Gasteiger partial charge in [0.2, 0.25) is 23.6 Å². The van der Waals surface area contributed by atoms with Gasteiger partial charge in [0.1, 0.15) is 49.1 Å². The number of carbonyl (C=O) groups excluding carboxylic acids is 4. The minimum atomic E-state index is -0.226. The zero-order valence-corrected chi connectivity index (χ0v) is 76.2. The van der Waals surface area contributed by atoms with Gasteiger partial charge >= 0.3 is 0 Å². The fourth-order valence-corrected chi connectivity index (χ4v) is 19.7. The molecule has 2 N–H and O–H groups in total. The van der Waals surface area contributed by atoms with Gasteiger partial charge in [-0.25, -0.2) is 24.3 Å². The summed E-state index contributed by atoms with van der Waals surface area (Å²) >= 11 is 6.61. The molecule has 24 nitrogen and oxygen atoms in total. The molecule has 0 bridgehead atoms. The Morgan fingerprint density at radius 1 is 0.349 bits per heavy atom. The number of benzene rings is 4. The zero-order chi connectivity index (χ0) is 88.1. The van der Waals surface area contributed by atoms with Crippen LogP contribution in [0, 0.1) is 81.0 Å². The lowest BCUT2D eigenvalue weighted by Crippen LogP contribution is -2.36. The Kier molecular flexibility index (Phi) is 26.2. The number of nitrogens with two attached hydrogens (primary N) is 1. The number of carbonyl (C=O) groups is 4. The second-order valence-electron chi connectivity index (χ2n) is 32.8. The predicted molar refractivity (Wildman–Crippen MR) is 496 cm³/mol. The number of nitrogens with zero attached hydrogens (tertiary/aromatic N) is 19. The molecule has 19 rings (SSSR count). The van der Waals surface area contributed by atoms with E-state index >= 15 is 0 Å². The van der Waals surface area contributed by atoms with Crippen LogP contribution in [0.5, 0.6) is 0 Å². The number of aromatic nitrogens is 15. The van der Waals surface area contributed by atoms with Crippen LogP contribution in [0.1, 0.15) is 116 Å². The van der Waals surface area contributed by atoms with Gasteiger partial charge in [-0.2, -0.15) is 20.4 Å². The van der Waals surface area contributed by atoms with Gasteiger partial charge in [0.05, 0.1) is 104 Å². The molecule has 11 aromatic heterocycles. The molecule has 15 aromatic rings. The number of anilines is 1. The molecular formula is C97H101FN20O4S4. The molecule has 15 heterocycles. The number of pyridine rings is 3. The van der Waals surface area contributed by atoms with Gasteiger partial charge in [0.25, 0.3) is 0 Å². The monoisotopic (exact) mass is 1760 g/mol. The van der Waals surface area contributed by atoms with Crippen molar-refractivity contribution in [2.75, 3.05) is 31.9 Å². The van der Waals surface area contributed by atoms with Crippen molar-refractivity contribution in [3.05, 3.63) is 278 Å². The topological polar surface area (TPSA) is 269 Å². The third-order valence-electron chi connectivity index (χ3n) is 23.1. The first-order valence-corrected chi connectivity index (χ1v) is 45.8. The van der Waals surface area contributed by atoms with Crippen LogP contribution in [0.15, 0.2) is 170 Å². The smallest absolute Gasteiger partial charge is 0.245 e. The molecule has 4 aliphatic rings. The van der Waals surface area contributed by atoms with Gasteiger partial charge in [-0.1, -0.05) is 123 Å². The molecule has 0 unspecified atom stereocenters. The van der Waals surface area contributed by atoms with E-state index < -0.39 is 0 Å². The van der Waals surface area contributed by atoms with Crippen molar-refractivity contribution < 1.29 is 23.6 Å². The first-order valence-electron chi connectivity index (χ1n) is 42.5. The molecule has 0 saturated carbocycles. The second kappa shape index (κ2) is 38.0. The average molecular weight is 1760 g/mol. The van der Waals surface area contributed by atoms with E-state index in [0.29, 0.717) is 62.4 Å². The lowest BCUT2D eigenvalue weighted by Gasteiger charge is -2.20. The van der Waals surface area contributed by atoms with Gasteiger partial charge in [-0.15, -0.1) is 45.3 Å². The van der Waals surface area contributed by atoms with Gasteiger partial charge in [-0.05, 0) is 181 Å². The molecular weight excluding hydrogens is 1660 g/mol. The van der Waals surface area contributed by atoms with E-state index in [4.69, 9.17) is 41.1 Å². The normalized spacial score (nSPS) is 13.4. The Morgan fingerprint density at radius 2 is 0.714 bits per heavy atom. The number of hydrogen-bond acceptors (Lipinski definition) is 20. The first-order chi connectivity index (χ1) is 60.7. The van der Waals surface area contributed by atoms with Crippen LogP contribution in [-0.2, 0) is 104 Å². The van der Waals surface area contributed by atoms with Gasteiger partial charge in [0, 0.05) is 99.7 Å². The maximum Gasteiger partial charge on any atom is 0.245 e. The maximum atomic E-state index is 13.6. The highest BCUT2D eigenvalue weighted by Gasteiger charge is 2.32. The van der Waals surface area contributed by atoms with Crippen LogP contribution < -0.4 is 5.73 Å². The van der Waals surface area contributed by atoms with Crippen molar-refractivity contribution in [2.24, 2.45) is 5.92 Å². The largest absolute Gasteiger partial charge is 0.375 e. The molecule has 0 aliphatic carbocycles. The molecule has 0 saturated heterocycles. The Morgan fingerprint density at radius 3 is 1.11 bits per heavy atom. The van der Waals surface area contributed by atoms with Crippen LogP contribution >= 0.6 is 45.3 Å². The molecule has 0 fully saturated rings. The van der Waals surface area contributed by atoms with E-state index in [-0.39, 0.29) is 55.6 Å². The number of halogens is 1. The quantitative estimate of drug-likeness (QED) is 0.0887. The van der Waals surface area contributed by atoms with E-state index in [9.17, 15) is 23.6 Å². The average Bonchev–Trinajstić information content (AvgIpc) is 1.67. The summed E-state index contributed by atoms with van der Waals surface area (Å²) in [7, 11) is 0. The van der Waals surface area contributed by atoms with E-state index in [0.717, 1.165) is 195 Å². The Hall–Kier alpha value is -12.7. The van der Waals surface area contributed by atoms with Crippen LogP contribution in [0.2, 0.25) is 0 Å². The van der Waals surface area contributed by atoms with E-state index in [1.54, 1.807) is 67.1 Å². The van der Waals surface area contributed by atoms with E-state index in [1.807, 2.05) is 213 Å². The third-order valence-corrected chi connectivity index (χ3v) is 27.2. The maximum absolute atomic E-state index is 13.6. The minimum absolute atomic E-state index is 0.0442. The van der Waals surface area contributed by atoms with E-state index in [1.165, 1.54) is 36.9 Å². The molecule has 4 amide bonds. The SMILES string of the molecule is Cc1ccc(-c2cc(-c3ccccc3)n(CC(=O)N3CCc4nc(N)sc4CC3)n2)nc1C.Cc1nc2c(s1)CCN(C(=O)Cn1nc(-c3ccc(C)c(C)n3)cc1-c1ccccc1)CC2.Cc1nc2c(s1)CN(C(=O)Cn1nc(-c3ccc(C)c(C)n3)cc1-c1ccccc1)C2.Cc1nc2c(s1)CN(C(=O)Cn1nc(-c3ccc(F)c(C)c3)cc1CC(C)C)C2. The van der Waals surface area contributed by atoms with Crippen LogP contribution in [0.3, 0.4) is 0 Å². The number of nitrogen functional groups attached to an aromatic ring is 1. The number of rotatable bonds is 17. The number of hydrogen-bond donors (Lipinski definition) is 1. The summed E-state index contributed by atoms with van der Waals surface area (Å²) in [6.45, 7) is 30.1. The van der Waals surface area contributed by atoms with Crippen LogP contribution in [0.4, 0.5) is 9.52 Å². The summed E-state index contributed by atoms with van der Waals surface area (Å²) in [5.74, 6) is 0.440. The Balaban J connectivity index is 0.000000124. The van der Waals surface area contributed by atoms with Crippen molar-refractivity contribution in [3.8, 4) is 79.2 Å².